The highest BCUT2D eigenvalue weighted by Crippen LogP contribution is 2.23. The monoisotopic (exact) mass is 247 g/mol. The second-order valence-electron chi connectivity index (χ2n) is 2.80. The molecule has 0 bridgehead atoms. The van der Waals surface area contributed by atoms with Gasteiger partial charge in [0.05, 0.1) is 3.79 Å². The zero-order valence-electron chi connectivity index (χ0n) is 7.43. The van der Waals surface area contributed by atoms with Crippen LogP contribution in [0.2, 0.25) is 0 Å². The maximum Gasteiger partial charge on any atom is 0.0701 e. The fraction of sp³-hybridized carbons (Fsp3) is 0.556. The molecular weight excluding hydrogens is 234 g/mol. The third-order valence-corrected chi connectivity index (χ3v) is 3.62. The molecule has 0 saturated carbocycles. The number of halogens is 1. The average molecular weight is 248 g/mol. The molecule has 0 aromatic carbocycles. The van der Waals surface area contributed by atoms with Gasteiger partial charge in [-0.2, -0.15) is 0 Å². The van der Waals surface area contributed by atoms with Crippen molar-refractivity contribution in [1.29, 1.82) is 0 Å². The lowest BCUT2D eigenvalue weighted by Gasteiger charge is -2.11. The number of thiophene rings is 1. The van der Waals surface area contributed by atoms with E-state index in [1.165, 1.54) is 15.1 Å². The van der Waals surface area contributed by atoms with Crippen LogP contribution in [0.5, 0.6) is 0 Å². The molecule has 1 aromatic rings. The lowest BCUT2D eigenvalue weighted by atomic mass is 10.1. The van der Waals surface area contributed by atoms with Crippen molar-refractivity contribution in [2.45, 2.75) is 25.8 Å². The van der Waals surface area contributed by atoms with Crippen molar-refractivity contribution in [3.05, 3.63) is 20.8 Å². The smallest absolute Gasteiger partial charge is 0.0701 e. The van der Waals surface area contributed by atoms with Gasteiger partial charge in [0.2, 0.25) is 0 Å². The van der Waals surface area contributed by atoms with E-state index in [2.05, 4.69) is 40.3 Å². The van der Waals surface area contributed by atoms with Gasteiger partial charge in [0, 0.05) is 10.9 Å². The summed E-state index contributed by atoms with van der Waals surface area (Å²) < 4.78 is 1.23. The highest BCUT2D eigenvalue weighted by molar-refractivity contribution is 9.11. The Bertz CT molecular complexity index is 230. The van der Waals surface area contributed by atoms with E-state index in [1.54, 1.807) is 0 Å². The number of hydrogen-bond donors (Lipinski definition) is 1. The quantitative estimate of drug-likeness (QED) is 0.863. The Morgan fingerprint density at radius 3 is 2.75 bits per heavy atom. The molecule has 1 heterocycles. The maximum atomic E-state index is 3.46. The molecular formula is C9H14BrNS. The minimum atomic E-state index is 0.621. The van der Waals surface area contributed by atoms with E-state index < -0.39 is 0 Å². The van der Waals surface area contributed by atoms with Gasteiger partial charge in [0.15, 0.2) is 0 Å². The normalized spacial score (nSPS) is 13.2. The lowest BCUT2D eigenvalue weighted by Crippen LogP contribution is -2.25. The highest BCUT2D eigenvalue weighted by atomic mass is 79.9. The molecule has 0 aliphatic carbocycles. The van der Waals surface area contributed by atoms with Crippen LogP contribution in [-0.4, -0.2) is 13.1 Å². The van der Waals surface area contributed by atoms with E-state index in [1.807, 2.05) is 18.4 Å². The third kappa shape index (κ3) is 2.88. The van der Waals surface area contributed by atoms with Gasteiger partial charge in [-0.3, -0.25) is 0 Å². The molecule has 3 heteroatoms. The van der Waals surface area contributed by atoms with Gasteiger partial charge >= 0.3 is 0 Å². The van der Waals surface area contributed by atoms with Crippen molar-refractivity contribution in [3.63, 3.8) is 0 Å². The van der Waals surface area contributed by atoms with Crippen LogP contribution in [0.15, 0.2) is 15.9 Å². The fourth-order valence-corrected chi connectivity index (χ4v) is 2.72. The molecule has 0 aliphatic heterocycles. The van der Waals surface area contributed by atoms with E-state index in [0.717, 1.165) is 6.42 Å². The number of nitrogens with one attached hydrogen (secondary N) is 1. The average Bonchev–Trinajstić information content (AvgIpc) is 2.47. The molecule has 1 atom stereocenters. The van der Waals surface area contributed by atoms with Crippen LogP contribution in [0, 0.1) is 0 Å². The Kier molecular flexibility index (Phi) is 4.26. The van der Waals surface area contributed by atoms with Crippen molar-refractivity contribution >= 4 is 27.3 Å². The Morgan fingerprint density at radius 1 is 1.58 bits per heavy atom. The summed E-state index contributed by atoms with van der Waals surface area (Å²) in [4.78, 5) is 1.45. The van der Waals surface area contributed by atoms with E-state index in [4.69, 9.17) is 0 Å². The first kappa shape index (κ1) is 10.2. The van der Waals surface area contributed by atoms with E-state index in [0.29, 0.717) is 6.04 Å². The summed E-state index contributed by atoms with van der Waals surface area (Å²) in [7, 11) is 2.02. The van der Waals surface area contributed by atoms with Crippen LogP contribution in [0.3, 0.4) is 0 Å². The van der Waals surface area contributed by atoms with E-state index in [9.17, 15) is 0 Å². The predicted molar refractivity (Wildman–Crippen MR) is 58.9 cm³/mol. The zero-order valence-corrected chi connectivity index (χ0v) is 9.83. The summed E-state index contributed by atoms with van der Waals surface area (Å²) in [6, 6.07) is 4.92. The largest absolute Gasteiger partial charge is 0.317 e. The molecule has 1 unspecified atom stereocenters. The molecule has 1 N–H and O–H groups in total. The minimum Gasteiger partial charge on any atom is -0.317 e. The molecule has 0 spiro atoms. The van der Waals surface area contributed by atoms with Crippen molar-refractivity contribution in [1.82, 2.24) is 5.32 Å². The van der Waals surface area contributed by atoms with Gasteiger partial charge in [-0.1, -0.05) is 6.92 Å². The van der Waals surface area contributed by atoms with Crippen LogP contribution in [-0.2, 0) is 6.42 Å². The molecule has 0 saturated heterocycles. The standard InChI is InChI=1S/C9H14BrNS/c1-3-7(11-2)6-8-4-5-9(10)12-8/h4-5,7,11H,3,6H2,1-2H3. The Labute approximate surface area is 86.3 Å². The third-order valence-electron chi connectivity index (χ3n) is 1.98. The summed E-state index contributed by atoms with van der Waals surface area (Å²) in [6.45, 7) is 2.21. The van der Waals surface area contributed by atoms with Gasteiger partial charge in [-0.15, -0.1) is 11.3 Å². The number of hydrogen-bond acceptors (Lipinski definition) is 2. The summed E-state index contributed by atoms with van der Waals surface area (Å²) in [5, 5.41) is 3.30. The van der Waals surface area contributed by atoms with E-state index in [-0.39, 0.29) is 0 Å². The van der Waals surface area contributed by atoms with Crippen LogP contribution >= 0.6 is 27.3 Å². The Hall–Kier alpha value is 0.140. The predicted octanol–water partition coefficient (Wildman–Crippen LogP) is 3.05. The van der Waals surface area contributed by atoms with Gasteiger partial charge in [-0.05, 0) is 48.0 Å². The van der Waals surface area contributed by atoms with Gasteiger partial charge < -0.3 is 5.32 Å². The molecule has 0 aliphatic rings. The first-order valence-corrected chi connectivity index (χ1v) is 5.78. The minimum absolute atomic E-state index is 0.621. The molecule has 1 nitrogen and oxygen atoms in total. The van der Waals surface area contributed by atoms with Crippen molar-refractivity contribution in [3.8, 4) is 0 Å². The van der Waals surface area contributed by atoms with Gasteiger partial charge in [-0.25, -0.2) is 0 Å². The van der Waals surface area contributed by atoms with Crippen molar-refractivity contribution in [2.24, 2.45) is 0 Å². The topological polar surface area (TPSA) is 12.0 Å². The lowest BCUT2D eigenvalue weighted by molar-refractivity contribution is 0.547. The second-order valence-corrected chi connectivity index (χ2v) is 5.35. The molecule has 68 valence electrons. The molecule has 1 aromatic heterocycles. The van der Waals surface area contributed by atoms with E-state index >= 15 is 0 Å². The number of likely N-dealkylation sites (N-methyl/N-ethyl adjacent to an activating group) is 1. The fourth-order valence-electron chi connectivity index (χ4n) is 1.15. The first-order valence-electron chi connectivity index (χ1n) is 4.17. The highest BCUT2D eigenvalue weighted by Gasteiger charge is 2.05. The van der Waals surface area contributed by atoms with Crippen LogP contribution < -0.4 is 5.32 Å². The number of rotatable bonds is 4. The SMILES string of the molecule is CCC(Cc1ccc(Br)s1)NC. The molecule has 0 fully saturated rings. The van der Waals surface area contributed by atoms with Crippen LogP contribution in [0.25, 0.3) is 0 Å². The first-order chi connectivity index (χ1) is 5.76. The summed E-state index contributed by atoms with van der Waals surface area (Å²) in [5.74, 6) is 0. The van der Waals surface area contributed by atoms with Crippen molar-refractivity contribution < 1.29 is 0 Å². The van der Waals surface area contributed by atoms with Gasteiger partial charge in [0.25, 0.3) is 0 Å². The molecule has 1 rings (SSSR count). The van der Waals surface area contributed by atoms with Crippen LogP contribution in [0.4, 0.5) is 0 Å². The molecule has 0 radical (unpaired) electrons. The Morgan fingerprint density at radius 2 is 2.33 bits per heavy atom. The second kappa shape index (κ2) is 5.00. The molecule has 12 heavy (non-hydrogen) atoms. The maximum absolute atomic E-state index is 3.46. The van der Waals surface area contributed by atoms with Gasteiger partial charge in [0.1, 0.15) is 0 Å². The zero-order chi connectivity index (χ0) is 8.97. The molecule has 0 amide bonds. The summed E-state index contributed by atoms with van der Waals surface area (Å²) >= 11 is 5.29. The summed E-state index contributed by atoms with van der Waals surface area (Å²) in [6.07, 6.45) is 2.33. The summed E-state index contributed by atoms with van der Waals surface area (Å²) in [5.41, 5.74) is 0. The Balaban J connectivity index is 2.50. The van der Waals surface area contributed by atoms with Crippen LogP contribution in [0.1, 0.15) is 18.2 Å². The van der Waals surface area contributed by atoms with Crippen molar-refractivity contribution in [2.75, 3.05) is 7.05 Å².